The molecule has 1 atom stereocenters. The van der Waals surface area contributed by atoms with Crippen molar-refractivity contribution in [3.05, 3.63) is 28.5 Å². The lowest BCUT2D eigenvalue weighted by Crippen LogP contribution is -2.45. The van der Waals surface area contributed by atoms with E-state index in [0.29, 0.717) is 4.47 Å². The van der Waals surface area contributed by atoms with E-state index in [0.717, 1.165) is 19.2 Å². The molecule has 8 heteroatoms. The highest BCUT2D eigenvalue weighted by atomic mass is 79.9. The van der Waals surface area contributed by atoms with Crippen molar-refractivity contribution in [2.75, 3.05) is 7.11 Å². The number of methoxy groups -OCH3 is 1. The van der Waals surface area contributed by atoms with Crippen molar-refractivity contribution >= 4 is 31.9 Å². The molecule has 1 aromatic rings. The topological polar surface area (TPSA) is 72.5 Å². The molecule has 0 fully saturated rings. The highest BCUT2D eigenvalue weighted by Crippen LogP contribution is 2.20. The minimum absolute atomic E-state index is 0.337. The molecular formula is C12H15BrFNO4S. The minimum atomic E-state index is -4.15. The van der Waals surface area contributed by atoms with Crippen LogP contribution in [0.2, 0.25) is 0 Å². The van der Waals surface area contributed by atoms with Gasteiger partial charge in [-0.05, 0) is 24.1 Å². The van der Waals surface area contributed by atoms with Gasteiger partial charge in [0.25, 0.3) is 0 Å². The normalized spacial score (nSPS) is 13.3. The van der Waals surface area contributed by atoms with Gasteiger partial charge in [0.15, 0.2) is 0 Å². The predicted molar refractivity (Wildman–Crippen MR) is 75.1 cm³/mol. The highest BCUT2D eigenvalue weighted by Gasteiger charge is 2.30. The quantitative estimate of drug-likeness (QED) is 0.808. The number of esters is 1. The Bertz CT molecular complexity index is 603. The summed E-state index contributed by atoms with van der Waals surface area (Å²) in [6.45, 7) is 3.31. The number of halogens is 2. The average Bonchev–Trinajstić information content (AvgIpc) is 2.34. The lowest BCUT2D eigenvalue weighted by Gasteiger charge is -2.19. The van der Waals surface area contributed by atoms with Gasteiger partial charge in [0.05, 0.1) is 7.11 Å². The summed E-state index contributed by atoms with van der Waals surface area (Å²) in [6.07, 6.45) is 0. The Morgan fingerprint density at radius 1 is 1.40 bits per heavy atom. The molecule has 1 unspecified atom stereocenters. The molecule has 0 bridgehead atoms. The first-order valence-electron chi connectivity index (χ1n) is 5.74. The fourth-order valence-corrected chi connectivity index (χ4v) is 3.23. The molecule has 0 aliphatic heterocycles. The summed E-state index contributed by atoms with van der Waals surface area (Å²) < 4.78 is 45.1. The number of carbonyl (C=O) groups is 1. The van der Waals surface area contributed by atoms with Crippen molar-refractivity contribution in [2.24, 2.45) is 5.92 Å². The van der Waals surface area contributed by atoms with Gasteiger partial charge in [-0.15, -0.1) is 0 Å². The van der Waals surface area contributed by atoms with Gasteiger partial charge in [-0.2, -0.15) is 4.72 Å². The molecular weight excluding hydrogens is 353 g/mol. The zero-order valence-electron chi connectivity index (χ0n) is 11.2. The average molecular weight is 368 g/mol. The van der Waals surface area contributed by atoms with E-state index < -0.39 is 32.7 Å². The van der Waals surface area contributed by atoms with Gasteiger partial charge in [-0.1, -0.05) is 29.8 Å². The van der Waals surface area contributed by atoms with Crippen LogP contribution in [0.4, 0.5) is 4.39 Å². The molecule has 0 aromatic heterocycles. The molecule has 112 valence electrons. The summed E-state index contributed by atoms with van der Waals surface area (Å²) in [5.74, 6) is -1.96. The second-order valence-corrected chi connectivity index (χ2v) is 7.04. The van der Waals surface area contributed by atoms with E-state index in [1.54, 1.807) is 13.8 Å². The maximum absolute atomic E-state index is 13.7. The zero-order valence-corrected chi connectivity index (χ0v) is 13.6. The molecule has 0 radical (unpaired) electrons. The summed E-state index contributed by atoms with van der Waals surface area (Å²) >= 11 is 3.04. The molecule has 1 N–H and O–H groups in total. The standard InChI is InChI=1S/C12H15BrFNO4S/c1-7(2)11(12(16)19-3)15-20(17,18)10-5-4-8(13)6-9(10)14/h4-7,11,15H,1-3H3. The number of carbonyl (C=O) groups excluding carboxylic acids is 1. The molecule has 0 aliphatic carbocycles. The Morgan fingerprint density at radius 2 is 2.00 bits per heavy atom. The summed E-state index contributed by atoms with van der Waals surface area (Å²) in [5.41, 5.74) is 0. The molecule has 0 aliphatic rings. The number of rotatable bonds is 5. The van der Waals surface area contributed by atoms with Gasteiger partial charge in [-0.25, -0.2) is 12.8 Å². The Hall–Kier alpha value is -0.990. The fraction of sp³-hybridized carbons (Fsp3) is 0.417. The minimum Gasteiger partial charge on any atom is -0.468 e. The largest absolute Gasteiger partial charge is 0.468 e. The molecule has 1 aromatic carbocycles. The molecule has 0 saturated heterocycles. The van der Waals surface area contributed by atoms with E-state index >= 15 is 0 Å². The van der Waals surface area contributed by atoms with Crippen LogP contribution in [-0.4, -0.2) is 27.5 Å². The number of hydrogen-bond acceptors (Lipinski definition) is 4. The van der Waals surface area contributed by atoms with Crippen LogP contribution in [0.15, 0.2) is 27.6 Å². The SMILES string of the molecule is COC(=O)C(NS(=O)(=O)c1ccc(Br)cc1F)C(C)C. The van der Waals surface area contributed by atoms with Crippen molar-refractivity contribution in [2.45, 2.75) is 24.8 Å². The first-order valence-corrected chi connectivity index (χ1v) is 8.02. The number of nitrogens with one attached hydrogen (secondary N) is 1. The van der Waals surface area contributed by atoms with Crippen LogP contribution in [0.3, 0.4) is 0 Å². The predicted octanol–water partition coefficient (Wildman–Crippen LogP) is 2.06. The first kappa shape index (κ1) is 17.1. The summed E-state index contributed by atoms with van der Waals surface area (Å²) in [7, 11) is -2.99. The molecule has 0 amide bonds. The van der Waals surface area contributed by atoms with E-state index in [9.17, 15) is 17.6 Å². The van der Waals surface area contributed by atoms with Gasteiger partial charge in [0, 0.05) is 4.47 Å². The number of ether oxygens (including phenoxy) is 1. The van der Waals surface area contributed by atoms with Crippen molar-refractivity contribution in [3.8, 4) is 0 Å². The van der Waals surface area contributed by atoms with Crippen LogP contribution in [0.1, 0.15) is 13.8 Å². The fourth-order valence-electron chi connectivity index (χ4n) is 1.51. The van der Waals surface area contributed by atoms with Gasteiger partial charge in [0.2, 0.25) is 10.0 Å². The Morgan fingerprint density at radius 3 is 2.45 bits per heavy atom. The second kappa shape index (κ2) is 6.64. The van der Waals surface area contributed by atoms with Gasteiger partial charge >= 0.3 is 5.97 Å². The monoisotopic (exact) mass is 367 g/mol. The van der Waals surface area contributed by atoms with E-state index in [1.165, 1.54) is 6.07 Å². The zero-order chi connectivity index (χ0) is 15.5. The number of benzene rings is 1. The third kappa shape index (κ3) is 4.00. The van der Waals surface area contributed by atoms with Crippen LogP contribution >= 0.6 is 15.9 Å². The molecule has 1 rings (SSSR count). The van der Waals surface area contributed by atoms with Crippen LogP contribution in [0.5, 0.6) is 0 Å². The lowest BCUT2D eigenvalue weighted by molar-refractivity contribution is -0.143. The van der Waals surface area contributed by atoms with E-state index in [4.69, 9.17) is 0 Å². The lowest BCUT2D eigenvalue weighted by atomic mass is 10.1. The van der Waals surface area contributed by atoms with Crippen molar-refractivity contribution in [1.29, 1.82) is 0 Å². The Labute approximate surface area is 125 Å². The third-order valence-electron chi connectivity index (χ3n) is 2.59. The summed E-state index contributed by atoms with van der Waals surface area (Å²) in [5, 5.41) is 0. The van der Waals surface area contributed by atoms with Gasteiger partial charge < -0.3 is 4.74 Å². The van der Waals surface area contributed by atoms with Gasteiger partial charge in [0.1, 0.15) is 16.8 Å². The van der Waals surface area contributed by atoms with Crippen molar-refractivity contribution < 1.29 is 22.3 Å². The van der Waals surface area contributed by atoms with E-state index in [2.05, 4.69) is 25.4 Å². The third-order valence-corrected chi connectivity index (χ3v) is 4.55. The van der Waals surface area contributed by atoms with Crippen LogP contribution < -0.4 is 4.72 Å². The van der Waals surface area contributed by atoms with Crippen LogP contribution in [-0.2, 0) is 19.6 Å². The maximum Gasteiger partial charge on any atom is 0.324 e. The summed E-state index contributed by atoms with van der Waals surface area (Å²) in [4.78, 5) is 11.0. The molecule has 0 saturated carbocycles. The van der Waals surface area contributed by atoms with Crippen LogP contribution in [0, 0.1) is 11.7 Å². The van der Waals surface area contributed by atoms with E-state index in [1.807, 2.05) is 0 Å². The number of sulfonamides is 1. The maximum atomic E-state index is 13.7. The van der Waals surface area contributed by atoms with Crippen molar-refractivity contribution in [3.63, 3.8) is 0 Å². The second-order valence-electron chi connectivity index (χ2n) is 4.44. The molecule has 5 nitrogen and oxygen atoms in total. The van der Waals surface area contributed by atoms with E-state index in [-0.39, 0.29) is 5.92 Å². The summed E-state index contributed by atoms with van der Waals surface area (Å²) in [6, 6.07) is 2.49. The molecule has 0 spiro atoms. The number of hydrogen-bond donors (Lipinski definition) is 1. The Kier molecular flexibility index (Phi) is 5.67. The van der Waals surface area contributed by atoms with Crippen LogP contribution in [0.25, 0.3) is 0 Å². The smallest absolute Gasteiger partial charge is 0.324 e. The highest BCUT2D eigenvalue weighted by molar-refractivity contribution is 9.10. The van der Waals surface area contributed by atoms with Crippen molar-refractivity contribution in [1.82, 2.24) is 4.72 Å². The molecule has 20 heavy (non-hydrogen) atoms. The Balaban J connectivity index is 3.13. The van der Waals surface area contributed by atoms with Gasteiger partial charge in [-0.3, -0.25) is 4.79 Å². The molecule has 0 heterocycles. The first-order chi connectivity index (χ1) is 9.19.